The third-order valence-corrected chi connectivity index (χ3v) is 3.41. The zero-order valence-electron chi connectivity index (χ0n) is 11.9. The summed E-state index contributed by atoms with van der Waals surface area (Å²) in [5.74, 6) is 0.691. The highest BCUT2D eigenvalue weighted by atomic mass is 15.3. The number of para-hydroxylation sites is 1. The molecule has 0 aliphatic heterocycles. The molecule has 0 aliphatic carbocycles. The third kappa shape index (κ3) is 2.96. The van der Waals surface area contributed by atoms with Gasteiger partial charge in [-0.15, -0.1) is 0 Å². The number of aromatic nitrogens is 2. The van der Waals surface area contributed by atoms with Crippen LogP contribution in [0.3, 0.4) is 0 Å². The van der Waals surface area contributed by atoms with Gasteiger partial charge in [-0.1, -0.05) is 32.0 Å². The molecule has 102 valence electrons. The Morgan fingerprint density at radius 3 is 2.53 bits per heavy atom. The van der Waals surface area contributed by atoms with Gasteiger partial charge < -0.3 is 5.73 Å². The molecule has 1 aromatic carbocycles. The van der Waals surface area contributed by atoms with Gasteiger partial charge in [-0.05, 0) is 31.6 Å². The van der Waals surface area contributed by atoms with E-state index in [2.05, 4.69) is 36.8 Å². The standard InChI is InChI=1S/C15H22N4/c1-4-18(5-2)11-13-10-15(16)19(17-13)14-9-7-6-8-12(14)3/h6-10H,4-5,11,16H2,1-3H3. The van der Waals surface area contributed by atoms with E-state index in [0.29, 0.717) is 5.82 Å². The van der Waals surface area contributed by atoms with Gasteiger partial charge in [-0.25, -0.2) is 4.68 Å². The maximum absolute atomic E-state index is 6.08. The lowest BCUT2D eigenvalue weighted by molar-refractivity contribution is 0.291. The average molecular weight is 258 g/mol. The highest BCUT2D eigenvalue weighted by Gasteiger charge is 2.10. The number of hydrogen-bond donors (Lipinski definition) is 1. The summed E-state index contributed by atoms with van der Waals surface area (Å²) >= 11 is 0. The topological polar surface area (TPSA) is 47.1 Å². The number of nitrogens with zero attached hydrogens (tertiary/aromatic N) is 3. The lowest BCUT2D eigenvalue weighted by atomic mass is 10.2. The number of rotatable bonds is 5. The van der Waals surface area contributed by atoms with Gasteiger partial charge in [0.2, 0.25) is 0 Å². The summed E-state index contributed by atoms with van der Waals surface area (Å²) in [6, 6.07) is 10.1. The highest BCUT2D eigenvalue weighted by Crippen LogP contribution is 2.18. The monoisotopic (exact) mass is 258 g/mol. The molecular formula is C15H22N4. The van der Waals surface area contributed by atoms with Gasteiger partial charge in [0.05, 0.1) is 11.4 Å². The van der Waals surface area contributed by atoms with Crippen LogP contribution < -0.4 is 5.73 Å². The number of anilines is 1. The first-order valence-electron chi connectivity index (χ1n) is 6.78. The number of nitrogen functional groups attached to an aromatic ring is 1. The molecule has 0 saturated carbocycles. The van der Waals surface area contributed by atoms with Crippen molar-refractivity contribution in [1.82, 2.24) is 14.7 Å². The van der Waals surface area contributed by atoms with Crippen molar-refractivity contribution in [1.29, 1.82) is 0 Å². The largest absolute Gasteiger partial charge is 0.384 e. The molecule has 0 atom stereocenters. The van der Waals surface area contributed by atoms with Gasteiger partial charge >= 0.3 is 0 Å². The van der Waals surface area contributed by atoms with Crippen LogP contribution in [0.2, 0.25) is 0 Å². The van der Waals surface area contributed by atoms with Gasteiger partial charge in [-0.3, -0.25) is 4.90 Å². The van der Waals surface area contributed by atoms with Crippen LogP contribution in [0, 0.1) is 6.92 Å². The fourth-order valence-corrected chi connectivity index (χ4v) is 2.19. The zero-order chi connectivity index (χ0) is 13.8. The van der Waals surface area contributed by atoms with Gasteiger partial charge in [0.1, 0.15) is 5.82 Å². The Hall–Kier alpha value is -1.81. The number of aryl methyl sites for hydroxylation is 1. The second-order valence-corrected chi connectivity index (χ2v) is 4.72. The molecule has 0 bridgehead atoms. The van der Waals surface area contributed by atoms with Crippen molar-refractivity contribution in [2.75, 3.05) is 18.8 Å². The first kappa shape index (κ1) is 13.6. The Morgan fingerprint density at radius 2 is 1.89 bits per heavy atom. The molecule has 4 nitrogen and oxygen atoms in total. The van der Waals surface area contributed by atoms with Crippen molar-refractivity contribution in [3.05, 3.63) is 41.6 Å². The predicted molar refractivity (Wildman–Crippen MR) is 79.3 cm³/mol. The summed E-state index contributed by atoms with van der Waals surface area (Å²) in [5.41, 5.74) is 9.32. The Kier molecular flexibility index (Phi) is 4.22. The smallest absolute Gasteiger partial charge is 0.127 e. The molecule has 4 heteroatoms. The fraction of sp³-hybridized carbons (Fsp3) is 0.400. The minimum Gasteiger partial charge on any atom is -0.384 e. The Labute approximate surface area is 114 Å². The summed E-state index contributed by atoms with van der Waals surface area (Å²) in [6.45, 7) is 9.27. The van der Waals surface area contributed by atoms with Crippen LogP contribution >= 0.6 is 0 Å². The van der Waals surface area contributed by atoms with E-state index in [-0.39, 0.29) is 0 Å². The van der Waals surface area contributed by atoms with E-state index in [0.717, 1.165) is 31.0 Å². The number of hydrogen-bond acceptors (Lipinski definition) is 3. The van der Waals surface area contributed by atoms with Crippen molar-refractivity contribution < 1.29 is 0 Å². The van der Waals surface area contributed by atoms with E-state index in [1.807, 2.05) is 28.9 Å². The van der Waals surface area contributed by atoms with Crippen LogP contribution in [0.4, 0.5) is 5.82 Å². The molecular weight excluding hydrogens is 236 g/mol. The summed E-state index contributed by atoms with van der Waals surface area (Å²) in [7, 11) is 0. The Bertz CT molecular complexity index is 541. The first-order chi connectivity index (χ1) is 9.15. The normalized spacial score (nSPS) is 11.2. The second-order valence-electron chi connectivity index (χ2n) is 4.72. The molecule has 2 rings (SSSR count). The molecule has 0 saturated heterocycles. The van der Waals surface area contributed by atoms with Crippen LogP contribution in [0.25, 0.3) is 5.69 Å². The van der Waals surface area contributed by atoms with Gasteiger partial charge in [0.15, 0.2) is 0 Å². The molecule has 0 fully saturated rings. The summed E-state index contributed by atoms with van der Waals surface area (Å²) in [6.07, 6.45) is 0. The quantitative estimate of drug-likeness (QED) is 0.896. The fourth-order valence-electron chi connectivity index (χ4n) is 2.19. The minimum absolute atomic E-state index is 0.691. The molecule has 1 heterocycles. The predicted octanol–water partition coefficient (Wildman–Crippen LogP) is 2.60. The van der Waals surface area contributed by atoms with E-state index < -0.39 is 0 Å². The number of nitrogens with two attached hydrogens (primary N) is 1. The summed E-state index contributed by atoms with van der Waals surface area (Å²) in [4.78, 5) is 2.32. The minimum atomic E-state index is 0.691. The number of benzene rings is 1. The van der Waals surface area contributed by atoms with E-state index in [9.17, 15) is 0 Å². The summed E-state index contributed by atoms with van der Waals surface area (Å²) < 4.78 is 1.83. The van der Waals surface area contributed by atoms with Gasteiger partial charge in [0.25, 0.3) is 0 Å². The molecule has 0 radical (unpaired) electrons. The van der Waals surface area contributed by atoms with Gasteiger partial charge in [0, 0.05) is 12.6 Å². The van der Waals surface area contributed by atoms with Crippen LogP contribution in [0.5, 0.6) is 0 Å². The molecule has 0 unspecified atom stereocenters. The molecule has 2 N–H and O–H groups in total. The van der Waals surface area contributed by atoms with Crippen molar-refractivity contribution in [3.63, 3.8) is 0 Å². The molecule has 19 heavy (non-hydrogen) atoms. The molecule has 0 amide bonds. The maximum atomic E-state index is 6.08. The maximum Gasteiger partial charge on any atom is 0.127 e. The van der Waals surface area contributed by atoms with Crippen molar-refractivity contribution in [2.24, 2.45) is 0 Å². The van der Waals surface area contributed by atoms with E-state index in [1.165, 1.54) is 5.56 Å². The first-order valence-corrected chi connectivity index (χ1v) is 6.78. The lowest BCUT2D eigenvalue weighted by Crippen LogP contribution is -2.22. The van der Waals surface area contributed by atoms with Crippen LogP contribution in [0.1, 0.15) is 25.1 Å². The Morgan fingerprint density at radius 1 is 1.21 bits per heavy atom. The highest BCUT2D eigenvalue weighted by molar-refractivity contribution is 5.47. The lowest BCUT2D eigenvalue weighted by Gasteiger charge is -2.15. The zero-order valence-corrected chi connectivity index (χ0v) is 11.9. The van der Waals surface area contributed by atoms with Crippen molar-refractivity contribution >= 4 is 5.82 Å². The molecule has 1 aromatic heterocycles. The van der Waals surface area contributed by atoms with E-state index in [1.54, 1.807) is 0 Å². The van der Waals surface area contributed by atoms with Crippen LogP contribution in [-0.4, -0.2) is 27.8 Å². The SMILES string of the molecule is CCN(CC)Cc1cc(N)n(-c2ccccc2C)n1. The van der Waals surface area contributed by atoms with Crippen molar-refractivity contribution in [2.45, 2.75) is 27.3 Å². The Balaban J connectivity index is 2.29. The molecule has 0 spiro atoms. The average Bonchev–Trinajstić information content (AvgIpc) is 2.77. The van der Waals surface area contributed by atoms with E-state index >= 15 is 0 Å². The molecule has 2 aromatic rings. The van der Waals surface area contributed by atoms with Crippen LogP contribution in [-0.2, 0) is 6.54 Å². The van der Waals surface area contributed by atoms with E-state index in [4.69, 9.17) is 5.73 Å². The van der Waals surface area contributed by atoms with Crippen molar-refractivity contribution in [3.8, 4) is 5.69 Å². The van der Waals surface area contributed by atoms with Gasteiger partial charge in [-0.2, -0.15) is 5.10 Å². The van der Waals surface area contributed by atoms with Crippen LogP contribution in [0.15, 0.2) is 30.3 Å². The third-order valence-electron chi connectivity index (χ3n) is 3.41. The summed E-state index contributed by atoms with van der Waals surface area (Å²) in [5, 5.41) is 4.63. The molecule has 0 aliphatic rings. The second kappa shape index (κ2) is 5.89.